The summed E-state index contributed by atoms with van der Waals surface area (Å²) in [5.41, 5.74) is 3.62. The van der Waals surface area contributed by atoms with E-state index in [1.165, 1.54) is 0 Å². The molecule has 0 aliphatic carbocycles. The van der Waals surface area contributed by atoms with Crippen LogP contribution in [0.4, 0.5) is 5.69 Å². The number of carbonyl (C=O) groups excluding carboxylic acids is 1. The highest BCUT2D eigenvalue weighted by atomic mass is 32.2. The van der Waals surface area contributed by atoms with Gasteiger partial charge in [0, 0.05) is 12.1 Å². The van der Waals surface area contributed by atoms with Crippen LogP contribution >= 0.6 is 0 Å². The van der Waals surface area contributed by atoms with Gasteiger partial charge in [0.15, 0.2) is 0 Å². The molecule has 0 aromatic heterocycles. The molecule has 0 saturated carbocycles. The zero-order valence-electron chi connectivity index (χ0n) is 24.4. The van der Waals surface area contributed by atoms with Crippen molar-refractivity contribution in [3.05, 3.63) is 95.1 Å². The van der Waals surface area contributed by atoms with E-state index in [0.717, 1.165) is 42.2 Å². The van der Waals surface area contributed by atoms with Gasteiger partial charge >= 0.3 is 5.97 Å². The fraction of sp³-hybridized carbons (Fsp3) is 0.406. The quantitative estimate of drug-likeness (QED) is 0.200. The van der Waals surface area contributed by atoms with Crippen molar-refractivity contribution >= 4 is 21.7 Å². The van der Waals surface area contributed by atoms with Crippen molar-refractivity contribution in [1.82, 2.24) is 5.32 Å². The third-order valence-electron chi connectivity index (χ3n) is 7.03. The number of benzene rings is 3. The third-order valence-corrected chi connectivity index (χ3v) is 7.62. The number of aliphatic hydroxyl groups excluding tert-OH is 1. The second kappa shape index (κ2) is 15.0. The molecule has 41 heavy (non-hydrogen) atoms. The lowest BCUT2D eigenvalue weighted by Gasteiger charge is -2.31. The van der Waals surface area contributed by atoms with Crippen LogP contribution in [-0.2, 0) is 39.0 Å². The van der Waals surface area contributed by atoms with Gasteiger partial charge in [0.25, 0.3) is 0 Å². The molecule has 0 aliphatic heterocycles. The van der Waals surface area contributed by atoms with E-state index in [4.69, 9.17) is 9.47 Å². The van der Waals surface area contributed by atoms with Gasteiger partial charge in [-0.1, -0.05) is 67.6 Å². The molecule has 3 rings (SSSR count). The number of esters is 1. The first-order chi connectivity index (χ1) is 19.5. The molecule has 8 nitrogen and oxygen atoms in total. The Hall–Kier alpha value is -3.40. The zero-order chi connectivity index (χ0) is 29.9. The molecule has 3 aromatic carbocycles. The second-order valence-corrected chi connectivity index (χ2v) is 12.3. The Balaban J connectivity index is 1.64. The van der Waals surface area contributed by atoms with Crippen molar-refractivity contribution in [2.45, 2.75) is 64.7 Å². The van der Waals surface area contributed by atoms with Crippen molar-refractivity contribution in [3.63, 3.8) is 0 Å². The average Bonchev–Trinajstić information content (AvgIpc) is 2.94. The number of hydrogen-bond acceptors (Lipinski definition) is 7. The molecule has 2 atom stereocenters. The summed E-state index contributed by atoms with van der Waals surface area (Å²) in [5.74, 6) is 0.149. The molecule has 0 bridgehead atoms. The number of hydrogen-bond donors (Lipinski definition) is 3. The van der Waals surface area contributed by atoms with E-state index in [9.17, 15) is 18.3 Å². The van der Waals surface area contributed by atoms with Crippen LogP contribution in [0.3, 0.4) is 0 Å². The van der Waals surface area contributed by atoms with Gasteiger partial charge in [-0.15, -0.1) is 0 Å². The fourth-order valence-corrected chi connectivity index (χ4v) is 5.00. The molecular formula is C32H42N2O6S. The Morgan fingerprint density at radius 1 is 0.976 bits per heavy atom. The van der Waals surface area contributed by atoms with E-state index < -0.39 is 16.1 Å². The maximum atomic E-state index is 12.0. The summed E-state index contributed by atoms with van der Waals surface area (Å²) >= 11 is 0. The van der Waals surface area contributed by atoms with E-state index in [-0.39, 0.29) is 36.8 Å². The summed E-state index contributed by atoms with van der Waals surface area (Å²) in [5, 5.41) is 14.5. The maximum Gasteiger partial charge on any atom is 0.310 e. The topological polar surface area (TPSA) is 114 Å². The van der Waals surface area contributed by atoms with Gasteiger partial charge in [0.2, 0.25) is 10.0 Å². The van der Waals surface area contributed by atoms with Gasteiger partial charge < -0.3 is 19.9 Å². The first-order valence-corrected chi connectivity index (χ1v) is 15.8. The third kappa shape index (κ3) is 10.8. The number of rotatable bonds is 16. The molecule has 3 N–H and O–H groups in total. The largest absolute Gasteiger partial charge is 0.487 e. The zero-order valence-corrected chi connectivity index (χ0v) is 25.2. The lowest BCUT2D eigenvalue weighted by Crippen LogP contribution is -2.44. The Labute approximate surface area is 244 Å². The highest BCUT2D eigenvalue weighted by Crippen LogP contribution is 2.30. The number of carbonyl (C=O) groups is 1. The van der Waals surface area contributed by atoms with Crippen LogP contribution in [0, 0.1) is 0 Å². The summed E-state index contributed by atoms with van der Waals surface area (Å²) in [7, 11) is -3.56. The first kappa shape index (κ1) is 32.1. The van der Waals surface area contributed by atoms with Crippen molar-refractivity contribution in [2.24, 2.45) is 0 Å². The van der Waals surface area contributed by atoms with Crippen molar-refractivity contribution in [1.29, 1.82) is 0 Å². The van der Waals surface area contributed by atoms with Gasteiger partial charge in [-0.05, 0) is 67.5 Å². The van der Waals surface area contributed by atoms with Gasteiger partial charge in [-0.3, -0.25) is 9.52 Å². The smallest absolute Gasteiger partial charge is 0.310 e. The van der Waals surface area contributed by atoms with Gasteiger partial charge in [-0.25, -0.2) is 8.42 Å². The Bertz CT molecular complexity index is 1380. The molecule has 0 spiro atoms. The number of anilines is 1. The number of sulfonamides is 1. The van der Waals surface area contributed by atoms with E-state index >= 15 is 0 Å². The highest BCUT2D eigenvalue weighted by Gasteiger charge is 2.23. The minimum Gasteiger partial charge on any atom is -0.487 e. The number of aliphatic hydroxyl groups is 1. The molecule has 9 heteroatoms. The van der Waals surface area contributed by atoms with Crippen molar-refractivity contribution in [2.75, 3.05) is 24.1 Å². The van der Waals surface area contributed by atoms with Crippen LogP contribution in [0.15, 0.2) is 72.8 Å². The molecule has 0 radical (unpaired) electrons. The fourth-order valence-electron chi connectivity index (χ4n) is 4.44. The first-order valence-electron chi connectivity index (χ1n) is 13.9. The maximum absolute atomic E-state index is 12.0. The summed E-state index contributed by atoms with van der Waals surface area (Å²) in [6.07, 6.45) is 2.94. The second-order valence-electron chi connectivity index (χ2n) is 10.5. The minimum atomic E-state index is -3.56. The Morgan fingerprint density at radius 2 is 1.68 bits per heavy atom. The summed E-state index contributed by atoms with van der Waals surface area (Å²) in [4.78, 5) is 11.9. The molecule has 0 heterocycles. The lowest BCUT2D eigenvalue weighted by molar-refractivity contribution is -0.142. The average molecular weight is 583 g/mol. The van der Waals surface area contributed by atoms with Gasteiger partial charge in [0.05, 0.1) is 31.1 Å². The van der Waals surface area contributed by atoms with Crippen LogP contribution in [0.2, 0.25) is 0 Å². The van der Waals surface area contributed by atoms with Crippen LogP contribution < -0.4 is 14.8 Å². The number of aryl methyl sites for hydroxylation is 1. The predicted molar refractivity (Wildman–Crippen MR) is 162 cm³/mol. The molecule has 0 aliphatic rings. The van der Waals surface area contributed by atoms with Crippen LogP contribution in [-0.4, -0.2) is 44.4 Å². The van der Waals surface area contributed by atoms with Crippen molar-refractivity contribution < 1.29 is 27.8 Å². The summed E-state index contributed by atoms with van der Waals surface area (Å²) in [6, 6.07) is 22.6. The molecule has 3 aromatic rings. The Kier molecular flexibility index (Phi) is 11.8. The normalized spacial score (nSPS) is 13.7. The Morgan fingerprint density at radius 3 is 2.37 bits per heavy atom. The van der Waals surface area contributed by atoms with Crippen LogP contribution in [0.25, 0.3) is 0 Å². The molecule has 2 unspecified atom stereocenters. The summed E-state index contributed by atoms with van der Waals surface area (Å²) < 4.78 is 37.5. The lowest BCUT2D eigenvalue weighted by atomic mass is 9.89. The predicted octanol–water partition coefficient (Wildman–Crippen LogP) is 5.17. The van der Waals surface area contributed by atoms with E-state index in [1.807, 2.05) is 48.5 Å². The van der Waals surface area contributed by atoms with E-state index in [2.05, 4.69) is 30.0 Å². The summed E-state index contributed by atoms with van der Waals surface area (Å²) in [6.45, 7) is 6.96. The molecule has 0 saturated heterocycles. The minimum absolute atomic E-state index is 0.232. The SMILES string of the molecule is CCOC(=O)Cc1cccc(CCC(C)(CC)NCC(O)c2ccc(OCc3ccccc3)c(NS(C)(=O)=O)c2)c1. The van der Waals surface area contributed by atoms with E-state index in [1.54, 1.807) is 25.1 Å². The number of ether oxygens (including phenoxy) is 2. The van der Waals surface area contributed by atoms with E-state index in [0.29, 0.717) is 17.9 Å². The van der Waals surface area contributed by atoms with Crippen LogP contribution in [0.1, 0.15) is 62.0 Å². The molecule has 0 amide bonds. The number of nitrogens with one attached hydrogen (secondary N) is 2. The van der Waals surface area contributed by atoms with Crippen molar-refractivity contribution in [3.8, 4) is 5.75 Å². The van der Waals surface area contributed by atoms with Gasteiger partial charge in [-0.2, -0.15) is 0 Å². The highest BCUT2D eigenvalue weighted by molar-refractivity contribution is 7.92. The molecule has 222 valence electrons. The molecular weight excluding hydrogens is 540 g/mol. The monoisotopic (exact) mass is 582 g/mol. The van der Waals surface area contributed by atoms with Crippen LogP contribution in [0.5, 0.6) is 5.75 Å². The van der Waals surface area contributed by atoms with Gasteiger partial charge in [0.1, 0.15) is 12.4 Å². The standard InChI is InChI=1S/C32H42N2O6S/c1-5-32(3,18-17-24-13-10-14-26(19-24)20-31(36)39-6-2)33-22-29(35)27-15-16-30(28(21-27)34-41(4,37)38)40-23-25-11-8-7-9-12-25/h7-16,19,21,29,33-35H,5-6,17-18,20,22-23H2,1-4H3. The molecule has 0 fully saturated rings. The number of β-amino-alcohol motifs (C(OH)–C–C–N with tert-alkyl or cyclic N) is 1.